The van der Waals surface area contributed by atoms with Gasteiger partial charge in [0.15, 0.2) is 0 Å². The zero-order valence-electron chi connectivity index (χ0n) is 16.6. The van der Waals surface area contributed by atoms with Crippen LogP contribution < -0.4 is 9.64 Å². The largest absolute Gasteiger partial charge is 0.497 e. The molecule has 0 radical (unpaired) electrons. The fourth-order valence-electron chi connectivity index (χ4n) is 3.44. The van der Waals surface area contributed by atoms with E-state index in [1.54, 1.807) is 37.4 Å². The summed E-state index contributed by atoms with van der Waals surface area (Å²) >= 11 is 1.65. The van der Waals surface area contributed by atoms with Crippen molar-refractivity contribution in [3.8, 4) is 5.75 Å². The Bertz CT molecular complexity index is 782. The van der Waals surface area contributed by atoms with Gasteiger partial charge >= 0.3 is 6.03 Å². The zero-order chi connectivity index (χ0) is 20.1. The van der Waals surface area contributed by atoms with Gasteiger partial charge in [-0.15, -0.1) is 11.3 Å². The molecule has 6 nitrogen and oxygen atoms in total. The summed E-state index contributed by atoms with van der Waals surface area (Å²) in [6, 6.07) is 11.7. The maximum absolute atomic E-state index is 13.4. The summed E-state index contributed by atoms with van der Waals surface area (Å²) in [4.78, 5) is 31.9. The molecule has 7 heteroatoms. The van der Waals surface area contributed by atoms with E-state index in [9.17, 15) is 9.59 Å². The number of urea groups is 1. The molecule has 1 aromatic heterocycles. The highest BCUT2D eigenvalue weighted by atomic mass is 32.1. The molecule has 28 heavy (non-hydrogen) atoms. The number of methoxy groups -OCH3 is 1. The summed E-state index contributed by atoms with van der Waals surface area (Å²) in [5.74, 6) is 0.812. The highest BCUT2D eigenvalue weighted by Crippen LogP contribution is 2.28. The Morgan fingerprint density at radius 2 is 1.82 bits per heavy atom. The summed E-state index contributed by atoms with van der Waals surface area (Å²) in [5.41, 5.74) is 0.867. The van der Waals surface area contributed by atoms with Gasteiger partial charge in [0.2, 0.25) is 5.91 Å². The normalized spacial score (nSPS) is 14.6. The standard InChI is InChI=1S/C21H27N3O3S/c1-22(2)21(26)23-12-10-16(11-13-23)20(25)24(15-19-5-4-14-28-19)17-6-8-18(27-3)9-7-17/h4-9,14,16H,10-13,15H2,1-3H3. The number of anilines is 1. The average Bonchev–Trinajstić information content (AvgIpc) is 3.24. The van der Waals surface area contributed by atoms with Crippen molar-refractivity contribution in [2.24, 2.45) is 5.92 Å². The second kappa shape index (κ2) is 9.10. The number of nitrogens with zero attached hydrogens (tertiary/aromatic N) is 3. The van der Waals surface area contributed by atoms with Crippen LogP contribution in [-0.2, 0) is 11.3 Å². The van der Waals surface area contributed by atoms with E-state index in [0.29, 0.717) is 32.5 Å². The van der Waals surface area contributed by atoms with E-state index in [2.05, 4.69) is 0 Å². The van der Waals surface area contributed by atoms with Crippen LogP contribution in [0.15, 0.2) is 41.8 Å². The first kappa shape index (κ1) is 20.2. The second-order valence-corrected chi connectivity index (χ2v) is 8.17. The molecule has 0 spiro atoms. The summed E-state index contributed by atoms with van der Waals surface area (Å²) in [6.07, 6.45) is 1.38. The molecule has 0 aliphatic carbocycles. The van der Waals surface area contributed by atoms with Gasteiger partial charge in [-0.3, -0.25) is 4.79 Å². The Labute approximate surface area is 170 Å². The van der Waals surface area contributed by atoms with Crippen LogP contribution in [0.3, 0.4) is 0 Å². The van der Waals surface area contributed by atoms with Crippen LogP contribution in [0.5, 0.6) is 5.75 Å². The number of carbonyl (C=O) groups is 2. The minimum Gasteiger partial charge on any atom is -0.497 e. The molecule has 150 valence electrons. The van der Waals surface area contributed by atoms with Crippen LogP contribution in [0.25, 0.3) is 0 Å². The summed E-state index contributed by atoms with van der Waals surface area (Å²) in [5, 5.41) is 2.03. The lowest BCUT2D eigenvalue weighted by atomic mass is 9.95. The molecule has 0 bridgehead atoms. The Morgan fingerprint density at radius 1 is 1.14 bits per heavy atom. The van der Waals surface area contributed by atoms with Crippen LogP contribution in [-0.4, -0.2) is 56.0 Å². The number of benzene rings is 1. The first-order chi connectivity index (χ1) is 13.5. The molecule has 0 N–H and O–H groups in total. The van der Waals surface area contributed by atoms with Gasteiger partial charge < -0.3 is 19.4 Å². The maximum Gasteiger partial charge on any atom is 0.319 e. The third kappa shape index (κ3) is 4.65. The molecule has 0 atom stereocenters. The van der Waals surface area contributed by atoms with Crippen molar-refractivity contribution in [1.82, 2.24) is 9.80 Å². The molecular formula is C21H27N3O3S. The second-order valence-electron chi connectivity index (χ2n) is 7.14. The van der Waals surface area contributed by atoms with Gasteiger partial charge in [0.25, 0.3) is 0 Å². The molecule has 3 rings (SSSR count). The molecule has 1 fully saturated rings. The highest BCUT2D eigenvalue weighted by Gasteiger charge is 2.31. The van der Waals surface area contributed by atoms with Crippen molar-refractivity contribution >= 4 is 29.0 Å². The Morgan fingerprint density at radius 3 is 2.36 bits per heavy atom. The number of ether oxygens (including phenoxy) is 1. The van der Waals surface area contributed by atoms with Crippen LogP contribution in [0.1, 0.15) is 17.7 Å². The van der Waals surface area contributed by atoms with Crippen LogP contribution in [0.4, 0.5) is 10.5 Å². The van der Waals surface area contributed by atoms with Crippen LogP contribution in [0.2, 0.25) is 0 Å². The van der Waals surface area contributed by atoms with Gasteiger partial charge in [-0.2, -0.15) is 0 Å². The Hall–Kier alpha value is -2.54. The zero-order valence-corrected chi connectivity index (χ0v) is 17.4. The lowest BCUT2D eigenvalue weighted by Crippen LogP contribution is -2.47. The molecule has 0 unspecified atom stereocenters. The highest BCUT2D eigenvalue weighted by molar-refractivity contribution is 7.09. The van der Waals surface area contributed by atoms with Crippen LogP contribution in [0, 0.1) is 5.92 Å². The van der Waals surface area contributed by atoms with Gasteiger partial charge in [-0.25, -0.2) is 4.79 Å². The monoisotopic (exact) mass is 401 g/mol. The minimum absolute atomic E-state index is 0.0106. The molecule has 1 saturated heterocycles. The van der Waals surface area contributed by atoms with Crippen molar-refractivity contribution < 1.29 is 14.3 Å². The number of rotatable bonds is 5. The minimum atomic E-state index is -0.0757. The van der Waals surface area contributed by atoms with E-state index in [-0.39, 0.29) is 17.9 Å². The molecule has 2 aromatic rings. The van der Waals surface area contributed by atoms with Crippen molar-refractivity contribution in [2.75, 3.05) is 39.2 Å². The van der Waals surface area contributed by atoms with E-state index in [4.69, 9.17) is 4.74 Å². The molecule has 1 aromatic carbocycles. The number of amides is 3. The number of piperidine rings is 1. The maximum atomic E-state index is 13.4. The SMILES string of the molecule is COc1ccc(N(Cc2cccs2)C(=O)C2CCN(C(=O)N(C)C)CC2)cc1. The fourth-order valence-corrected chi connectivity index (χ4v) is 4.13. The Kier molecular flexibility index (Phi) is 6.57. The van der Waals surface area contributed by atoms with E-state index >= 15 is 0 Å². The summed E-state index contributed by atoms with van der Waals surface area (Å²) in [7, 11) is 5.14. The molecule has 1 aliphatic heterocycles. The molecular weight excluding hydrogens is 374 g/mol. The van der Waals surface area contributed by atoms with Gasteiger partial charge in [0, 0.05) is 43.7 Å². The number of hydrogen-bond donors (Lipinski definition) is 0. The van der Waals surface area contributed by atoms with Crippen molar-refractivity contribution in [2.45, 2.75) is 19.4 Å². The number of hydrogen-bond acceptors (Lipinski definition) is 4. The van der Waals surface area contributed by atoms with Crippen molar-refractivity contribution in [3.05, 3.63) is 46.7 Å². The number of likely N-dealkylation sites (tertiary alicyclic amines) is 1. The lowest BCUT2D eigenvalue weighted by Gasteiger charge is -2.35. The van der Waals surface area contributed by atoms with E-state index < -0.39 is 0 Å². The van der Waals surface area contributed by atoms with E-state index in [0.717, 1.165) is 16.3 Å². The van der Waals surface area contributed by atoms with E-state index in [1.165, 1.54) is 0 Å². The van der Waals surface area contributed by atoms with Gasteiger partial charge in [-0.1, -0.05) is 6.07 Å². The van der Waals surface area contributed by atoms with Gasteiger partial charge in [0.05, 0.1) is 13.7 Å². The van der Waals surface area contributed by atoms with Crippen LogP contribution >= 0.6 is 11.3 Å². The molecule has 0 saturated carbocycles. The quantitative estimate of drug-likeness (QED) is 0.768. The predicted molar refractivity (Wildman–Crippen MR) is 112 cm³/mol. The topological polar surface area (TPSA) is 53.1 Å². The van der Waals surface area contributed by atoms with Crippen molar-refractivity contribution in [1.29, 1.82) is 0 Å². The van der Waals surface area contributed by atoms with Crippen molar-refractivity contribution in [3.63, 3.8) is 0 Å². The molecule has 1 aliphatic rings. The summed E-state index contributed by atoms with van der Waals surface area (Å²) < 4.78 is 5.24. The Balaban J connectivity index is 1.74. The van der Waals surface area contributed by atoms with E-state index in [1.807, 2.05) is 51.6 Å². The predicted octanol–water partition coefficient (Wildman–Crippen LogP) is 3.68. The molecule has 3 amide bonds. The summed E-state index contributed by atoms with van der Waals surface area (Å²) in [6.45, 7) is 1.78. The first-order valence-electron chi connectivity index (χ1n) is 9.43. The molecule has 2 heterocycles. The third-order valence-corrected chi connectivity index (χ3v) is 5.90. The fraction of sp³-hybridized carbons (Fsp3) is 0.429. The smallest absolute Gasteiger partial charge is 0.319 e. The lowest BCUT2D eigenvalue weighted by molar-refractivity contribution is -0.123. The number of carbonyl (C=O) groups excluding carboxylic acids is 2. The number of thiophene rings is 1. The third-order valence-electron chi connectivity index (χ3n) is 5.04. The van der Waals surface area contributed by atoms with Gasteiger partial charge in [-0.05, 0) is 48.6 Å². The first-order valence-corrected chi connectivity index (χ1v) is 10.3. The van der Waals surface area contributed by atoms with Gasteiger partial charge in [0.1, 0.15) is 5.75 Å². The average molecular weight is 402 g/mol.